The number of carbonyl (C=O) groups excluding carboxylic acids is 1. The van der Waals surface area contributed by atoms with Crippen LogP contribution in [0, 0.1) is 0 Å². The fraction of sp³-hybridized carbons (Fsp3) is 0.200. The molecule has 6 nitrogen and oxygen atoms in total. The molecule has 1 aromatic heterocycles. The maximum absolute atomic E-state index is 12.5. The second-order valence-corrected chi connectivity index (χ2v) is 5.76. The molecule has 0 aliphatic rings. The molecule has 3 aromatic rings. The molecule has 6 heteroatoms. The van der Waals surface area contributed by atoms with E-state index in [0.29, 0.717) is 23.5 Å². The zero-order valence-corrected chi connectivity index (χ0v) is 14.8. The van der Waals surface area contributed by atoms with E-state index >= 15 is 0 Å². The van der Waals surface area contributed by atoms with E-state index in [0.717, 1.165) is 17.4 Å². The normalized spacial score (nSPS) is 10.5. The van der Waals surface area contributed by atoms with Gasteiger partial charge in [0.1, 0.15) is 5.58 Å². The monoisotopic (exact) mass is 351 g/mol. The Bertz CT molecular complexity index is 995. The molecule has 0 spiro atoms. The van der Waals surface area contributed by atoms with Gasteiger partial charge in [0, 0.05) is 17.6 Å². The summed E-state index contributed by atoms with van der Waals surface area (Å²) in [6.45, 7) is 4.53. The molecule has 0 saturated carbocycles. The maximum atomic E-state index is 12.5. The minimum absolute atomic E-state index is 0.0945. The van der Waals surface area contributed by atoms with Crippen molar-refractivity contribution in [2.24, 2.45) is 0 Å². The molecule has 2 aromatic carbocycles. The summed E-state index contributed by atoms with van der Waals surface area (Å²) >= 11 is 0. The Morgan fingerprint density at radius 2 is 1.69 bits per heavy atom. The van der Waals surface area contributed by atoms with Crippen LogP contribution in [0.2, 0.25) is 0 Å². The van der Waals surface area contributed by atoms with Crippen molar-refractivity contribution in [1.29, 1.82) is 0 Å². The van der Waals surface area contributed by atoms with E-state index in [1.165, 1.54) is 0 Å². The highest BCUT2D eigenvalue weighted by atomic mass is 16.4. The summed E-state index contributed by atoms with van der Waals surface area (Å²) in [5.41, 5.74) is 2.24. The first-order valence-corrected chi connectivity index (χ1v) is 8.59. The number of rotatable bonds is 5. The van der Waals surface area contributed by atoms with Gasteiger partial charge < -0.3 is 15.1 Å². The lowest BCUT2D eigenvalue weighted by Gasteiger charge is -2.14. The number of hydrogen-bond acceptors (Lipinski definition) is 4. The van der Waals surface area contributed by atoms with Gasteiger partial charge in [-0.2, -0.15) is 0 Å². The van der Waals surface area contributed by atoms with Crippen molar-refractivity contribution in [2.75, 3.05) is 22.5 Å². The summed E-state index contributed by atoms with van der Waals surface area (Å²) in [6.07, 6.45) is 0.789. The first kappa shape index (κ1) is 17.5. The Kier molecular flexibility index (Phi) is 5.22. The Hall–Kier alpha value is -3.28. The molecule has 1 heterocycles. The van der Waals surface area contributed by atoms with E-state index in [1.807, 2.05) is 50.2 Å². The van der Waals surface area contributed by atoms with Gasteiger partial charge in [-0.05, 0) is 37.1 Å². The molecule has 3 N–H and O–H groups in total. The van der Waals surface area contributed by atoms with Crippen LogP contribution in [0.4, 0.5) is 21.9 Å². The molecule has 0 atom stereocenters. The number of amides is 2. The summed E-state index contributed by atoms with van der Waals surface area (Å²) in [7, 11) is 0. The fourth-order valence-electron chi connectivity index (χ4n) is 2.84. The second-order valence-electron chi connectivity index (χ2n) is 5.76. The number of anilines is 3. The van der Waals surface area contributed by atoms with Gasteiger partial charge in [0.05, 0.1) is 5.69 Å². The molecular weight excluding hydrogens is 330 g/mol. The van der Waals surface area contributed by atoms with Crippen molar-refractivity contribution in [3.63, 3.8) is 0 Å². The van der Waals surface area contributed by atoms with Crippen molar-refractivity contribution < 1.29 is 9.21 Å². The van der Waals surface area contributed by atoms with Gasteiger partial charge in [-0.1, -0.05) is 37.3 Å². The van der Waals surface area contributed by atoms with Crippen LogP contribution in [0.5, 0.6) is 0 Å². The van der Waals surface area contributed by atoms with E-state index in [2.05, 4.69) is 16.0 Å². The summed E-state index contributed by atoms with van der Waals surface area (Å²) in [4.78, 5) is 24.9. The molecule has 26 heavy (non-hydrogen) atoms. The largest absolute Gasteiger partial charge is 0.421 e. The highest BCUT2D eigenvalue weighted by molar-refractivity contribution is 6.06. The molecule has 0 aliphatic heterocycles. The van der Waals surface area contributed by atoms with E-state index in [1.54, 1.807) is 12.1 Å². The number of aryl methyl sites for hydroxylation is 1. The third kappa shape index (κ3) is 3.54. The number of para-hydroxylation sites is 2. The summed E-state index contributed by atoms with van der Waals surface area (Å²) in [5, 5.41) is 9.32. The van der Waals surface area contributed by atoms with Gasteiger partial charge in [-0.25, -0.2) is 9.59 Å². The minimum Gasteiger partial charge on any atom is -0.421 e. The van der Waals surface area contributed by atoms with Gasteiger partial charge in [0.2, 0.25) is 0 Å². The van der Waals surface area contributed by atoms with Crippen LogP contribution in [0.3, 0.4) is 0 Å². The molecule has 0 fully saturated rings. The number of nitrogens with one attached hydrogen (secondary N) is 3. The molecule has 0 bridgehead atoms. The molecule has 0 saturated heterocycles. The topological polar surface area (TPSA) is 83.4 Å². The SMILES string of the molecule is CCNc1c(NC(=O)Nc2ccccc2CC)c(=O)oc2ccccc12. The highest BCUT2D eigenvalue weighted by Crippen LogP contribution is 2.28. The third-order valence-electron chi connectivity index (χ3n) is 4.05. The summed E-state index contributed by atoms with van der Waals surface area (Å²) < 4.78 is 5.34. The lowest BCUT2D eigenvalue weighted by Crippen LogP contribution is -2.25. The first-order chi connectivity index (χ1) is 12.6. The van der Waals surface area contributed by atoms with Crippen molar-refractivity contribution in [3.05, 3.63) is 64.5 Å². The van der Waals surface area contributed by atoms with Gasteiger partial charge in [-0.3, -0.25) is 5.32 Å². The number of urea groups is 1. The highest BCUT2D eigenvalue weighted by Gasteiger charge is 2.17. The smallest absolute Gasteiger partial charge is 0.362 e. The van der Waals surface area contributed by atoms with E-state index < -0.39 is 11.7 Å². The Labute approximate surface area is 151 Å². The van der Waals surface area contributed by atoms with Crippen molar-refractivity contribution >= 4 is 34.1 Å². The Morgan fingerprint density at radius 3 is 2.46 bits per heavy atom. The van der Waals surface area contributed by atoms with Crippen molar-refractivity contribution in [3.8, 4) is 0 Å². The average Bonchev–Trinajstić information content (AvgIpc) is 2.65. The number of hydrogen-bond donors (Lipinski definition) is 3. The van der Waals surface area contributed by atoms with E-state index in [-0.39, 0.29) is 5.69 Å². The zero-order valence-electron chi connectivity index (χ0n) is 14.8. The lowest BCUT2D eigenvalue weighted by atomic mass is 10.1. The van der Waals surface area contributed by atoms with Crippen molar-refractivity contribution in [2.45, 2.75) is 20.3 Å². The van der Waals surface area contributed by atoms with Crippen LogP contribution in [-0.2, 0) is 6.42 Å². The zero-order chi connectivity index (χ0) is 18.5. The quantitative estimate of drug-likeness (QED) is 0.594. The van der Waals surface area contributed by atoms with Crippen LogP contribution in [-0.4, -0.2) is 12.6 Å². The summed E-state index contributed by atoms with van der Waals surface area (Å²) in [5.74, 6) is 0. The predicted octanol–water partition coefficient (Wildman–Crippen LogP) is 4.43. The van der Waals surface area contributed by atoms with Crippen LogP contribution in [0.25, 0.3) is 11.0 Å². The molecule has 0 unspecified atom stereocenters. The van der Waals surface area contributed by atoms with Crippen LogP contribution >= 0.6 is 0 Å². The fourth-order valence-corrected chi connectivity index (χ4v) is 2.84. The van der Waals surface area contributed by atoms with Crippen LogP contribution in [0.1, 0.15) is 19.4 Å². The Morgan fingerprint density at radius 1 is 0.962 bits per heavy atom. The lowest BCUT2D eigenvalue weighted by molar-refractivity contribution is 0.262. The van der Waals surface area contributed by atoms with Crippen molar-refractivity contribution in [1.82, 2.24) is 0 Å². The van der Waals surface area contributed by atoms with Crippen LogP contribution in [0.15, 0.2) is 57.7 Å². The van der Waals surface area contributed by atoms with Crippen LogP contribution < -0.4 is 21.6 Å². The number of carbonyl (C=O) groups is 1. The number of fused-ring (bicyclic) bond motifs is 1. The van der Waals surface area contributed by atoms with Gasteiger partial charge in [0.15, 0.2) is 5.69 Å². The van der Waals surface area contributed by atoms with Gasteiger partial charge in [-0.15, -0.1) is 0 Å². The molecule has 0 radical (unpaired) electrons. The van der Waals surface area contributed by atoms with E-state index in [9.17, 15) is 9.59 Å². The van der Waals surface area contributed by atoms with Gasteiger partial charge >= 0.3 is 11.7 Å². The van der Waals surface area contributed by atoms with Gasteiger partial charge in [0.25, 0.3) is 0 Å². The first-order valence-electron chi connectivity index (χ1n) is 8.59. The molecule has 134 valence electrons. The Balaban J connectivity index is 1.95. The standard InChI is InChI=1S/C20H21N3O3/c1-3-13-9-5-7-11-15(13)22-20(25)23-18-17(21-4-2)14-10-6-8-12-16(14)26-19(18)24/h5-12,21H,3-4H2,1-2H3,(H2,22,23,25). The van der Waals surface area contributed by atoms with E-state index in [4.69, 9.17) is 4.42 Å². The molecule has 3 rings (SSSR count). The second kappa shape index (κ2) is 7.74. The average molecular weight is 351 g/mol. The number of benzene rings is 2. The maximum Gasteiger partial charge on any atom is 0.362 e. The molecule has 2 amide bonds. The predicted molar refractivity (Wildman–Crippen MR) is 105 cm³/mol. The third-order valence-corrected chi connectivity index (χ3v) is 4.05. The minimum atomic E-state index is -0.599. The summed E-state index contributed by atoms with van der Waals surface area (Å²) in [6, 6.07) is 14.3. The molecular formula is C20H21N3O3. The molecule has 0 aliphatic carbocycles.